The second-order valence-corrected chi connectivity index (χ2v) is 5.95. The minimum Gasteiger partial charge on any atom is -0.494 e. The number of amides is 1. The van der Waals surface area contributed by atoms with Crippen molar-refractivity contribution in [3.05, 3.63) is 83.7 Å². The fourth-order valence-corrected chi connectivity index (χ4v) is 2.82. The first-order chi connectivity index (χ1) is 12.6. The Kier molecular flexibility index (Phi) is 5.31. The molecule has 0 fully saturated rings. The summed E-state index contributed by atoms with van der Waals surface area (Å²) in [6.45, 7) is 0. The van der Waals surface area contributed by atoms with Crippen LogP contribution in [0.2, 0.25) is 0 Å². The normalized spacial score (nSPS) is 11.8. The van der Waals surface area contributed by atoms with Gasteiger partial charge >= 0.3 is 0 Å². The van der Waals surface area contributed by atoms with Gasteiger partial charge in [-0.1, -0.05) is 36.4 Å². The van der Waals surface area contributed by atoms with Crippen molar-refractivity contribution >= 4 is 5.91 Å². The molecule has 1 aromatic heterocycles. The van der Waals surface area contributed by atoms with Crippen LogP contribution in [-0.4, -0.2) is 22.6 Å². The highest BCUT2D eigenvalue weighted by Crippen LogP contribution is 2.21. The Morgan fingerprint density at radius 2 is 2.04 bits per heavy atom. The fraction of sp³-hybridized carbons (Fsp3) is 0.200. The summed E-state index contributed by atoms with van der Waals surface area (Å²) >= 11 is 0. The van der Waals surface area contributed by atoms with Crippen molar-refractivity contribution in [2.45, 2.75) is 12.5 Å². The van der Waals surface area contributed by atoms with Crippen molar-refractivity contribution in [1.82, 2.24) is 14.9 Å². The number of aryl methyl sites for hydroxylation is 1. The van der Waals surface area contributed by atoms with Gasteiger partial charge in [0.15, 0.2) is 11.6 Å². The molecule has 0 bridgehead atoms. The summed E-state index contributed by atoms with van der Waals surface area (Å²) in [6, 6.07) is 13.8. The van der Waals surface area contributed by atoms with Crippen molar-refractivity contribution in [2.24, 2.45) is 7.05 Å². The second-order valence-electron chi connectivity index (χ2n) is 5.95. The Balaban J connectivity index is 1.80. The fourth-order valence-electron chi connectivity index (χ4n) is 2.82. The average molecular weight is 353 g/mol. The lowest BCUT2D eigenvalue weighted by Crippen LogP contribution is -2.32. The number of hydrogen-bond acceptors (Lipinski definition) is 3. The van der Waals surface area contributed by atoms with E-state index in [-0.39, 0.29) is 24.1 Å². The highest BCUT2D eigenvalue weighted by Gasteiger charge is 2.20. The van der Waals surface area contributed by atoms with Crippen molar-refractivity contribution in [2.75, 3.05) is 7.11 Å². The average Bonchev–Trinajstić information content (AvgIpc) is 3.06. The molecule has 1 heterocycles. The van der Waals surface area contributed by atoms with Gasteiger partial charge in [-0.15, -0.1) is 0 Å². The largest absolute Gasteiger partial charge is 0.494 e. The maximum atomic E-state index is 13.8. The quantitative estimate of drug-likeness (QED) is 0.741. The third-order valence-corrected chi connectivity index (χ3v) is 4.14. The molecule has 134 valence electrons. The smallest absolute Gasteiger partial charge is 0.225 e. The predicted molar refractivity (Wildman–Crippen MR) is 96.3 cm³/mol. The lowest BCUT2D eigenvalue weighted by molar-refractivity contribution is -0.121. The summed E-state index contributed by atoms with van der Waals surface area (Å²) in [5.74, 6) is 0.183. The van der Waals surface area contributed by atoms with E-state index in [1.807, 2.05) is 48.1 Å². The summed E-state index contributed by atoms with van der Waals surface area (Å²) in [4.78, 5) is 16.9. The van der Waals surface area contributed by atoms with Crippen LogP contribution in [-0.2, 0) is 18.3 Å². The SMILES string of the molecule is COc1ccc(CC(=O)NC(c2ccccc2)c2nccn2C)cc1F. The first kappa shape index (κ1) is 17.7. The molecule has 0 saturated carbocycles. The predicted octanol–water partition coefficient (Wildman–Crippen LogP) is 3.02. The summed E-state index contributed by atoms with van der Waals surface area (Å²) in [7, 11) is 3.28. The summed E-state index contributed by atoms with van der Waals surface area (Å²) in [5.41, 5.74) is 1.50. The first-order valence-corrected chi connectivity index (χ1v) is 8.22. The van der Waals surface area contributed by atoms with Gasteiger partial charge in [-0.05, 0) is 23.3 Å². The van der Waals surface area contributed by atoms with Crippen LogP contribution in [0.3, 0.4) is 0 Å². The summed E-state index contributed by atoms with van der Waals surface area (Å²) < 4.78 is 20.6. The van der Waals surface area contributed by atoms with Gasteiger partial charge in [-0.2, -0.15) is 0 Å². The van der Waals surface area contributed by atoms with Gasteiger partial charge in [0.25, 0.3) is 0 Å². The number of ether oxygens (including phenoxy) is 1. The highest BCUT2D eigenvalue weighted by atomic mass is 19.1. The van der Waals surface area contributed by atoms with E-state index in [1.165, 1.54) is 19.2 Å². The maximum Gasteiger partial charge on any atom is 0.225 e. The van der Waals surface area contributed by atoms with E-state index in [9.17, 15) is 9.18 Å². The van der Waals surface area contributed by atoms with Crippen LogP contribution in [0.15, 0.2) is 60.9 Å². The van der Waals surface area contributed by atoms with Crippen LogP contribution in [0.4, 0.5) is 4.39 Å². The Morgan fingerprint density at radius 1 is 1.27 bits per heavy atom. The van der Waals surface area contributed by atoms with Gasteiger partial charge in [-0.25, -0.2) is 9.37 Å². The van der Waals surface area contributed by atoms with Crippen molar-refractivity contribution in [3.63, 3.8) is 0 Å². The number of halogens is 1. The zero-order valence-corrected chi connectivity index (χ0v) is 14.6. The summed E-state index contributed by atoms with van der Waals surface area (Å²) in [6.07, 6.45) is 3.58. The number of benzene rings is 2. The molecule has 1 unspecified atom stereocenters. The zero-order valence-electron chi connectivity index (χ0n) is 14.6. The molecule has 0 aliphatic carbocycles. The third-order valence-electron chi connectivity index (χ3n) is 4.14. The number of nitrogens with zero attached hydrogens (tertiary/aromatic N) is 2. The molecule has 5 nitrogen and oxygen atoms in total. The molecule has 1 amide bonds. The van der Waals surface area contributed by atoms with E-state index >= 15 is 0 Å². The number of rotatable bonds is 6. The number of aromatic nitrogens is 2. The van der Waals surface area contributed by atoms with E-state index in [0.717, 1.165) is 11.4 Å². The molecule has 1 atom stereocenters. The molecule has 26 heavy (non-hydrogen) atoms. The van der Waals surface area contributed by atoms with Gasteiger partial charge < -0.3 is 14.6 Å². The Labute approximate surface area is 151 Å². The van der Waals surface area contributed by atoms with Gasteiger partial charge in [0.2, 0.25) is 5.91 Å². The number of carbonyl (C=O) groups excluding carboxylic acids is 1. The Morgan fingerprint density at radius 3 is 2.65 bits per heavy atom. The standard InChI is InChI=1S/C20H20FN3O2/c1-24-11-10-22-20(24)19(15-6-4-3-5-7-15)23-18(25)13-14-8-9-17(26-2)16(21)12-14/h3-12,19H,13H2,1-2H3,(H,23,25). The van der Waals surface area contributed by atoms with E-state index in [2.05, 4.69) is 10.3 Å². The highest BCUT2D eigenvalue weighted by molar-refractivity contribution is 5.79. The number of imidazole rings is 1. The van der Waals surface area contributed by atoms with Gasteiger partial charge in [0.05, 0.1) is 13.5 Å². The lowest BCUT2D eigenvalue weighted by atomic mass is 10.1. The van der Waals surface area contributed by atoms with Crippen LogP contribution in [0.1, 0.15) is 23.0 Å². The number of carbonyl (C=O) groups is 1. The van der Waals surface area contributed by atoms with Crippen LogP contribution >= 0.6 is 0 Å². The third kappa shape index (κ3) is 3.91. The maximum absolute atomic E-state index is 13.8. The second kappa shape index (κ2) is 7.82. The number of nitrogens with one attached hydrogen (secondary N) is 1. The molecular formula is C20H20FN3O2. The molecule has 3 aromatic rings. The minimum absolute atomic E-state index is 0.0642. The van der Waals surface area contributed by atoms with Crippen molar-refractivity contribution < 1.29 is 13.9 Å². The number of methoxy groups -OCH3 is 1. The summed E-state index contributed by atoms with van der Waals surface area (Å²) in [5, 5.41) is 3.00. The molecule has 0 radical (unpaired) electrons. The molecule has 0 spiro atoms. The topological polar surface area (TPSA) is 56.1 Å². The first-order valence-electron chi connectivity index (χ1n) is 8.22. The minimum atomic E-state index is -0.485. The van der Waals surface area contributed by atoms with Crippen LogP contribution in [0.5, 0.6) is 5.75 Å². The van der Waals surface area contributed by atoms with E-state index in [4.69, 9.17) is 4.74 Å². The molecule has 1 N–H and O–H groups in total. The molecule has 0 aliphatic heterocycles. The Bertz CT molecular complexity index is 893. The van der Waals surface area contributed by atoms with E-state index < -0.39 is 5.82 Å². The van der Waals surface area contributed by atoms with E-state index in [1.54, 1.807) is 12.3 Å². The van der Waals surface area contributed by atoms with E-state index in [0.29, 0.717) is 5.56 Å². The van der Waals surface area contributed by atoms with Gasteiger partial charge in [0, 0.05) is 19.4 Å². The Hall–Kier alpha value is -3.15. The van der Waals surface area contributed by atoms with Gasteiger partial charge in [-0.3, -0.25) is 4.79 Å². The molecule has 0 saturated heterocycles. The van der Waals surface area contributed by atoms with Crippen molar-refractivity contribution in [3.8, 4) is 5.75 Å². The lowest BCUT2D eigenvalue weighted by Gasteiger charge is -2.19. The van der Waals surface area contributed by atoms with Crippen LogP contribution in [0, 0.1) is 5.82 Å². The molecule has 2 aromatic carbocycles. The zero-order chi connectivity index (χ0) is 18.5. The molecule has 0 aliphatic rings. The molecular weight excluding hydrogens is 333 g/mol. The van der Waals surface area contributed by atoms with Crippen LogP contribution < -0.4 is 10.1 Å². The van der Waals surface area contributed by atoms with Gasteiger partial charge in [0.1, 0.15) is 11.9 Å². The molecule has 3 rings (SSSR count). The monoisotopic (exact) mass is 353 g/mol. The molecule has 6 heteroatoms. The van der Waals surface area contributed by atoms with Crippen molar-refractivity contribution in [1.29, 1.82) is 0 Å². The van der Waals surface area contributed by atoms with Crippen LogP contribution in [0.25, 0.3) is 0 Å². The number of hydrogen-bond donors (Lipinski definition) is 1.